The zero-order valence-electron chi connectivity index (χ0n) is 13.2. The van der Waals surface area contributed by atoms with Gasteiger partial charge in [0.1, 0.15) is 11.1 Å². The molecule has 2 aromatic heterocycles. The maximum Gasteiger partial charge on any atom is 0.417 e. The Morgan fingerprint density at radius 1 is 1.33 bits per heavy atom. The molecule has 0 saturated heterocycles. The molecule has 0 radical (unpaired) electrons. The van der Waals surface area contributed by atoms with E-state index in [1.54, 1.807) is 19.1 Å². The number of hydrogen-bond donors (Lipinski definition) is 1. The molecule has 4 nitrogen and oxygen atoms in total. The molecule has 0 bridgehead atoms. The van der Waals surface area contributed by atoms with Crippen molar-refractivity contribution in [3.63, 3.8) is 0 Å². The van der Waals surface area contributed by atoms with Gasteiger partial charge in [-0.1, -0.05) is 11.8 Å². The fourth-order valence-electron chi connectivity index (χ4n) is 2.31. The molecule has 0 spiro atoms. The Kier molecular flexibility index (Phi) is 5.04. The summed E-state index contributed by atoms with van der Waals surface area (Å²) >= 11 is 0.840. The van der Waals surface area contributed by atoms with Gasteiger partial charge in [-0.05, 0) is 32.9 Å². The van der Waals surface area contributed by atoms with Crippen LogP contribution in [0.15, 0.2) is 17.2 Å². The molecule has 0 saturated carbocycles. The van der Waals surface area contributed by atoms with Crippen molar-refractivity contribution in [2.75, 3.05) is 5.75 Å². The number of hydrogen-bond acceptors (Lipinski definition) is 4. The van der Waals surface area contributed by atoms with Gasteiger partial charge in [-0.3, -0.25) is 4.79 Å². The van der Waals surface area contributed by atoms with E-state index in [0.29, 0.717) is 11.3 Å². The van der Waals surface area contributed by atoms with Gasteiger partial charge in [-0.2, -0.15) is 18.4 Å². The Balaban J connectivity index is 2.30. The van der Waals surface area contributed by atoms with Gasteiger partial charge in [0.2, 0.25) is 0 Å². The van der Waals surface area contributed by atoms with E-state index in [1.807, 2.05) is 6.92 Å². The van der Waals surface area contributed by atoms with E-state index in [2.05, 4.69) is 9.97 Å². The Morgan fingerprint density at radius 3 is 2.50 bits per heavy atom. The number of halogens is 3. The number of H-pyrrole nitrogens is 1. The molecular formula is C16H14F3N3OS. The van der Waals surface area contributed by atoms with Crippen LogP contribution < -0.4 is 0 Å². The standard InChI is InChI=1S/C16H14F3N3OS/c1-8-4-11(10(3)21-8)14(23)7-24-15-12(6-20)13(16(17,18)19)5-9(2)22-15/h4-5,21H,7H2,1-3H3. The fraction of sp³-hybridized carbons (Fsp3) is 0.312. The van der Waals surface area contributed by atoms with E-state index in [-0.39, 0.29) is 22.3 Å². The number of Topliss-reactive ketones (excluding diaryl/α,β-unsaturated/α-hetero) is 1. The summed E-state index contributed by atoms with van der Waals surface area (Å²) in [5.74, 6) is -0.330. The maximum atomic E-state index is 13.1. The van der Waals surface area contributed by atoms with Crippen LogP contribution in [0.4, 0.5) is 13.2 Å². The molecule has 2 aromatic rings. The first kappa shape index (κ1) is 18.1. The van der Waals surface area contributed by atoms with Crippen molar-refractivity contribution in [3.8, 4) is 6.07 Å². The summed E-state index contributed by atoms with van der Waals surface area (Å²) in [5, 5.41) is 9.01. The Hall–Kier alpha value is -2.27. The van der Waals surface area contributed by atoms with Gasteiger partial charge >= 0.3 is 6.18 Å². The summed E-state index contributed by atoms with van der Waals surface area (Å²) in [6.45, 7) is 4.97. The summed E-state index contributed by atoms with van der Waals surface area (Å²) in [6, 6.07) is 4.08. The molecule has 2 heterocycles. The lowest BCUT2D eigenvalue weighted by molar-refractivity contribution is -0.138. The number of alkyl halides is 3. The van der Waals surface area contributed by atoms with Crippen LogP contribution in [-0.4, -0.2) is 21.5 Å². The van der Waals surface area contributed by atoms with E-state index in [1.165, 1.54) is 6.92 Å². The van der Waals surface area contributed by atoms with Crippen molar-refractivity contribution in [2.45, 2.75) is 32.0 Å². The molecule has 0 aliphatic rings. The molecule has 8 heteroatoms. The first-order chi connectivity index (χ1) is 11.1. The lowest BCUT2D eigenvalue weighted by Crippen LogP contribution is -2.11. The van der Waals surface area contributed by atoms with E-state index >= 15 is 0 Å². The Bertz CT molecular complexity index is 834. The number of nitriles is 1. The Morgan fingerprint density at radius 2 is 2.00 bits per heavy atom. The van der Waals surface area contributed by atoms with Crippen molar-refractivity contribution in [1.82, 2.24) is 9.97 Å². The van der Waals surface area contributed by atoms with Crippen LogP contribution in [0.3, 0.4) is 0 Å². The molecular weight excluding hydrogens is 339 g/mol. The van der Waals surface area contributed by atoms with Crippen molar-refractivity contribution in [1.29, 1.82) is 5.26 Å². The van der Waals surface area contributed by atoms with Gasteiger partial charge in [0.25, 0.3) is 0 Å². The summed E-state index contributed by atoms with van der Waals surface area (Å²) in [4.78, 5) is 19.2. The maximum absolute atomic E-state index is 13.1. The molecule has 0 atom stereocenters. The third-order valence-corrected chi connectivity index (χ3v) is 4.30. The third kappa shape index (κ3) is 3.79. The average Bonchev–Trinajstić information content (AvgIpc) is 2.82. The summed E-state index contributed by atoms with van der Waals surface area (Å²) in [6.07, 6.45) is -4.65. The van der Waals surface area contributed by atoms with E-state index in [9.17, 15) is 18.0 Å². The SMILES string of the molecule is Cc1cc(C(F)(F)F)c(C#N)c(SCC(=O)c2cc(C)[nH]c2C)n1. The van der Waals surface area contributed by atoms with Gasteiger partial charge in [0.15, 0.2) is 5.78 Å². The molecule has 24 heavy (non-hydrogen) atoms. The molecule has 126 valence electrons. The zero-order chi connectivity index (χ0) is 18.1. The predicted molar refractivity (Wildman–Crippen MR) is 84.0 cm³/mol. The number of carbonyl (C=O) groups excluding carboxylic acids is 1. The minimum atomic E-state index is -4.65. The molecule has 2 rings (SSSR count). The second-order valence-electron chi connectivity index (χ2n) is 5.30. The minimum Gasteiger partial charge on any atom is -0.362 e. The van der Waals surface area contributed by atoms with E-state index in [4.69, 9.17) is 5.26 Å². The highest BCUT2D eigenvalue weighted by Crippen LogP contribution is 2.36. The highest BCUT2D eigenvalue weighted by molar-refractivity contribution is 8.00. The smallest absolute Gasteiger partial charge is 0.362 e. The number of aryl methyl sites for hydroxylation is 3. The number of nitrogens with zero attached hydrogens (tertiary/aromatic N) is 2. The van der Waals surface area contributed by atoms with Gasteiger partial charge in [-0.15, -0.1) is 0 Å². The number of aromatic amines is 1. The summed E-state index contributed by atoms with van der Waals surface area (Å²) < 4.78 is 39.2. The van der Waals surface area contributed by atoms with Gasteiger partial charge in [0.05, 0.1) is 16.9 Å². The van der Waals surface area contributed by atoms with Crippen molar-refractivity contribution in [3.05, 3.63) is 45.9 Å². The highest BCUT2D eigenvalue weighted by atomic mass is 32.2. The first-order valence-electron chi connectivity index (χ1n) is 6.94. The van der Waals surface area contributed by atoms with Crippen LogP contribution in [0.2, 0.25) is 0 Å². The molecule has 0 aromatic carbocycles. The molecule has 0 aliphatic carbocycles. The van der Waals surface area contributed by atoms with Crippen molar-refractivity contribution < 1.29 is 18.0 Å². The quantitative estimate of drug-likeness (QED) is 0.661. The third-order valence-electron chi connectivity index (χ3n) is 3.32. The number of aromatic nitrogens is 2. The number of pyridine rings is 1. The fourth-order valence-corrected chi connectivity index (χ4v) is 3.24. The number of ketones is 1. The zero-order valence-corrected chi connectivity index (χ0v) is 14.0. The van der Waals surface area contributed by atoms with E-state index < -0.39 is 17.3 Å². The minimum absolute atomic E-state index is 0.0805. The monoisotopic (exact) mass is 353 g/mol. The van der Waals surface area contributed by atoms with Gasteiger partial charge < -0.3 is 4.98 Å². The lowest BCUT2D eigenvalue weighted by atomic mass is 10.1. The van der Waals surface area contributed by atoms with Gasteiger partial charge in [0, 0.05) is 22.6 Å². The molecule has 0 fully saturated rings. The largest absolute Gasteiger partial charge is 0.417 e. The average molecular weight is 353 g/mol. The summed E-state index contributed by atoms with van der Waals surface area (Å²) in [5.41, 5.74) is 0.583. The Labute approximate surface area is 141 Å². The van der Waals surface area contributed by atoms with Crippen LogP contribution in [0.1, 0.15) is 38.6 Å². The van der Waals surface area contributed by atoms with Crippen LogP contribution in [0, 0.1) is 32.1 Å². The van der Waals surface area contributed by atoms with Crippen LogP contribution in [-0.2, 0) is 6.18 Å². The molecule has 0 aliphatic heterocycles. The topological polar surface area (TPSA) is 69.5 Å². The van der Waals surface area contributed by atoms with Crippen molar-refractivity contribution >= 4 is 17.5 Å². The number of thioether (sulfide) groups is 1. The molecule has 1 N–H and O–H groups in total. The molecule has 0 amide bonds. The van der Waals surface area contributed by atoms with Crippen LogP contribution in [0.25, 0.3) is 0 Å². The lowest BCUT2D eigenvalue weighted by Gasteiger charge is -2.12. The van der Waals surface area contributed by atoms with Crippen molar-refractivity contribution in [2.24, 2.45) is 0 Å². The molecule has 0 unspecified atom stereocenters. The van der Waals surface area contributed by atoms with Crippen LogP contribution >= 0.6 is 11.8 Å². The second-order valence-corrected chi connectivity index (χ2v) is 6.27. The first-order valence-corrected chi connectivity index (χ1v) is 7.93. The number of rotatable bonds is 4. The van der Waals surface area contributed by atoms with Gasteiger partial charge in [-0.25, -0.2) is 4.98 Å². The predicted octanol–water partition coefficient (Wildman–Crippen LogP) is 4.20. The van der Waals surface area contributed by atoms with Crippen LogP contribution in [0.5, 0.6) is 0 Å². The highest BCUT2D eigenvalue weighted by Gasteiger charge is 2.35. The number of nitrogens with one attached hydrogen (secondary N) is 1. The normalized spacial score (nSPS) is 11.4. The van der Waals surface area contributed by atoms with E-state index in [0.717, 1.165) is 23.5 Å². The number of carbonyl (C=O) groups is 1. The second kappa shape index (κ2) is 6.69. The summed E-state index contributed by atoms with van der Waals surface area (Å²) in [7, 11) is 0.